The van der Waals surface area contributed by atoms with Gasteiger partial charge >= 0.3 is 0 Å². The Morgan fingerprint density at radius 1 is 1.13 bits per heavy atom. The standard InChI is InChI=1S/C18H30N4O/c1-4-6-7-8-12-21-18(20-5-2)22-14-15-10-9-11-16(13-15)17(23)19-3/h9-11,13H,4-8,12,14H2,1-3H3,(H,19,23)(H2,20,21,22). The largest absolute Gasteiger partial charge is 0.357 e. The molecule has 0 spiro atoms. The van der Waals surface area contributed by atoms with Crippen LogP contribution in [0.1, 0.15) is 55.5 Å². The van der Waals surface area contributed by atoms with Crippen molar-refractivity contribution >= 4 is 11.9 Å². The Bertz CT molecular complexity index is 500. The molecule has 0 aliphatic carbocycles. The quantitative estimate of drug-likeness (QED) is 0.372. The van der Waals surface area contributed by atoms with Crippen molar-refractivity contribution in [3.63, 3.8) is 0 Å². The summed E-state index contributed by atoms with van der Waals surface area (Å²) in [6.07, 6.45) is 4.93. The maximum Gasteiger partial charge on any atom is 0.251 e. The van der Waals surface area contributed by atoms with Crippen molar-refractivity contribution in [2.75, 3.05) is 20.1 Å². The van der Waals surface area contributed by atoms with E-state index >= 15 is 0 Å². The van der Waals surface area contributed by atoms with Crippen LogP contribution < -0.4 is 16.0 Å². The maximum atomic E-state index is 11.7. The Morgan fingerprint density at radius 3 is 2.65 bits per heavy atom. The first-order valence-electron chi connectivity index (χ1n) is 8.54. The second kappa shape index (κ2) is 11.5. The van der Waals surface area contributed by atoms with Crippen molar-refractivity contribution in [1.29, 1.82) is 0 Å². The van der Waals surface area contributed by atoms with Crippen molar-refractivity contribution < 1.29 is 4.79 Å². The van der Waals surface area contributed by atoms with Crippen LogP contribution in [0.2, 0.25) is 0 Å². The van der Waals surface area contributed by atoms with E-state index in [1.165, 1.54) is 19.3 Å². The van der Waals surface area contributed by atoms with Crippen LogP contribution in [0, 0.1) is 0 Å². The van der Waals surface area contributed by atoms with Crippen molar-refractivity contribution in [3.8, 4) is 0 Å². The number of rotatable bonds is 9. The minimum absolute atomic E-state index is 0.0724. The van der Waals surface area contributed by atoms with Crippen LogP contribution in [0.5, 0.6) is 0 Å². The molecular weight excluding hydrogens is 288 g/mol. The Morgan fingerprint density at radius 2 is 1.96 bits per heavy atom. The van der Waals surface area contributed by atoms with Crippen LogP contribution in [0.3, 0.4) is 0 Å². The molecule has 23 heavy (non-hydrogen) atoms. The molecule has 0 saturated heterocycles. The number of benzene rings is 1. The van der Waals surface area contributed by atoms with E-state index in [0.29, 0.717) is 12.1 Å². The molecule has 1 aromatic carbocycles. The predicted molar refractivity (Wildman–Crippen MR) is 96.8 cm³/mol. The fraction of sp³-hybridized carbons (Fsp3) is 0.556. The number of hydrogen-bond donors (Lipinski definition) is 3. The Labute approximate surface area is 140 Å². The molecule has 0 unspecified atom stereocenters. The van der Waals surface area contributed by atoms with E-state index in [9.17, 15) is 4.79 Å². The highest BCUT2D eigenvalue weighted by Crippen LogP contribution is 2.06. The number of carbonyl (C=O) groups is 1. The van der Waals surface area contributed by atoms with E-state index in [4.69, 9.17) is 0 Å². The molecule has 0 aliphatic heterocycles. The normalized spacial score (nSPS) is 11.2. The number of unbranched alkanes of at least 4 members (excludes halogenated alkanes) is 3. The molecule has 1 aromatic rings. The van der Waals surface area contributed by atoms with Gasteiger partial charge in [-0.25, -0.2) is 4.99 Å². The molecular formula is C18H30N4O. The van der Waals surface area contributed by atoms with Gasteiger partial charge in [0.25, 0.3) is 5.91 Å². The van der Waals surface area contributed by atoms with Crippen LogP contribution >= 0.6 is 0 Å². The Kier molecular flexibility index (Phi) is 9.52. The van der Waals surface area contributed by atoms with Crippen molar-refractivity contribution in [2.45, 2.75) is 46.1 Å². The average Bonchev–Trinajstić information content (AvgIpc) is 2.59. The van der Waals surface area contributed by atoms with Crippen LogP contribution in [0.15, 0.2) is 29.3 Å². The molecule has 0 radical (unpaired) electrons. The zero-order valence-corrected chi connectivity index (χ0v) is 14.6. The molecule has 5 nitrogen and oxygen atoms in total. The number of guanidine groups is 1. The van der Waals surface area contributed by atoms with E-state index in [1.54, 1.807) is 7.05 Å². The zero-order chi connectivity index (χ0) is 16.9. The number of amides is 1. The summed E-state index contributed by atoms with van der Waals surface area (Å²) in [6, 6.07) is 7.57. The molecule has 128 valence electrons. The third kappa shape index (κ3) is 7.68. The molecule has 0 atom stereocenters. The van der Waals surface area contributed by atoms with Crippen molar-refractivity contribution in [1.82, 2.24) is 16.0 Å². The van der Waals surface area contributed by atoms with Crippen molar-refractivity contribution in [3.05, 3.63) is 35.4 Å². The van der Waals surface area contributed by atoms with E-state index in [-0.39, 0.29) is 5.91 Å². The van der Waals surface area contributed by atoms with Gasteiger partial charge in [-0.2, -0.15) is 0 Å². The van der Waals surface area contributed by atoms with Gasteiger partial charge in [-0.3, -0.25) is 4.79 Å². The van der Waals surface area contributed by atoms with Crippen molar-refractivity contribution in [2.24, 2.45) is 4.99 Å². The topological polar surface area (TPSA) is 65.5 Å². The van der Waals surface area contributed by atoms with Gasteiger partial charge in [-0.1, -0.05) is 38.3 Å². The number of nitrogens with zero attached hydrogens (tertiary/aromatic N) is 1. The van der Waals surface area contributed by atoms with Gasteiger partial charge in [0.2, 0.25) is 0 Å². The lowest BCUT2D eigenvalue weighted by atomic mass is 10.1. The van der Waals surface area contributed by atoms with Gasteiger partial charge in [-0.15, -0.1) is 0 Å². The first-order chi connectivity index (χ1) is 11.2. The fourth-order valence-electron chi connectivity index (χ4n) is 2.23. The van der Waals surface area contributed by atoms with E-state index < -0.39 is 0 Å². The minimum atomic E-state index is -0.0724. The second-order valence-corrected chi connectivity index (χ2v) is 5.46. The van der Waals surface area contributed by atoms with Gasteiger partial charge in [0, 0.05) is 25.7 Å². The molecule has 0 saturated carbocycles. The highest BCUT2D eigenvalue weighted by Gasteiger charge is 2.03. The first-order valence-corrected chi connectivity index (χ1v) is 8.54. The molecule has 0 heterocycles. The summed E-state index contributed by atoms with van der Waals surface area (Å²) in [4.78, 5) is 16.3. The van der Waals surface area contributed by atoms with Crippen LogP contribution in [0.4, 0.5) is 0 Å². The van der Waals surface area contributed by atoms with Gasteiger partial charge < -0.3 is 16.0 Å². The summed E-state index contributed by atoms with van der Waals surface area (Å²) in [5, 5.41) is 9.25. The summed E-state index contributed by atoms with van der Waals surface area (Å²) < 4.78 is 0. The molecule has 1 amide bonds. The smallest absolute Gasteiger partial charge is 0.251 e. The van der Waals surface area contributed by atoms with E-state index in [1.807, 2.05) is 24.3 Å². The number of nitrogens with one attached hydrogen (secondary N) is 3. The summed E-state index contributed by atoms with van der Waals surface area (Å²) in [5.41, 5.74) is 1.69. The van der Waals surface area contributed by atoms with Gasteiger partial charge in [0.15, 0.2) is 5.96 Å². The third-order valence-electron chi connectivity index (χ3n) is 3.50. The molecule has 3 N–H and O–H groups in total. The lowest BCUT2D eigenvalue weighted by Crippen LogP contribution is -2.37. The van der Waals surface area contributed by atoms with E-state index in [0.717, 1.165) is 31.0 Å². The summed E-state index contributed by atoms with van der Waals surface area (Å²) in [7, 11) is 1.64. The predicted octanol–water partition coefficient (Wildman–Crippen LogP) is 2.68. The highest BCUT2D eigenvalue weighted by atomic mass is 16.1. The number of carbonyl (C=O) groups excluding carboxylic acids is 1. The number of aliphatic imine (C=N–C) groups is 1. The van der Waals surface area contributed by atoms with Gasteiger partial charge in [-0.05, 0) is 31.0 Å². The monoisotopic (exact) mass is 318 g/mol. The SMILES string of the molecule is CCCCCCNC(=NCc1cccc(C(=O)NC)c1)NCC. The molecule has 0 bridgehead atoms. The molecule has 5 heteroatoms. The third-order valence-corrected chi connectivity index (χ3v) is 3.50. The molecule has 1 rings (SSSR count). The Hall–Kier alpha value is -2.04. The fourth-order valence-corrected chi connectivity index (χ4v) is 2.23. The van der Waals surface area contributed by atoms with Crippen LogP contribution in [0.25, 0.3) is 0 Å². The Balaban J connectivity index is 2.57. The summed E-state index contributed by atoms with van der Waals surface area (Å²) in [6.45, 7) is 6.59. The summed E-state index contributed by atoms with van der Waals surface area (Å²) in [5.74, 6) is 0.756. The minimum Gasteiger partial charge on any atom is -0.357 e. The maximum absolute atomic E-state index is 11.7. The second-order valence-electron chi connectivity index (χ2n) is 5.46. The summed E-state index contributed by atoms with van der Waals surface area (Å²) >= 11 is 0. The van der Waals surface area contributed by atoms with E-state index in [2.05, 4.69) is 34.8 Å². The van der Waals surface area contributed by atoms with Gasteiger partial charge in [0.1, 0.15) is 0 Å². The molecule has 0 aliphatic rings. The molecule has 0 fully saturated rings. The zero-order valence-electron chi connectivity index (χ0n) is 14.6. The lowest BCUT2D eigenvalue weighted by molar-refractivity contribution is 0.0963. The van der Waals surface area contributed by atoms with Crippen LogP contribution in [-0.2, 0) is 6.54 Å². The van der Waals surface area contributed by atoms with Gasteiger partial charge in [0.05, 0.1) is 6.54 Å². The average molecular weight is 318 g/mol. The highest BCUT2D eigenvalue weighted by molar-refractivity contribution is 5.94. The molecule has 0 aromatic heterocycles. The first kappa shape index (κ1) is 19.0. The number of hydrogen-bond acceptors (Lipinski definition) is 2. The lowest BCUT2D eigenvalue weighted by Gasteiger charge is -2.11. The van der Waals surface area contributed by atoms with Crippen LogP contribution in [-0.4, -0.2) is 32.0 Å².